The summed E-state index contributed by atoms with van der Waals surface area (Å²) < 4.78 is 11.3. The number of rotatable bonds is 4. The molecule has 0 spiro atoms. The van der Waals surface area contributed by atoms with Crippen molar-refractivity contribution in [3.05, 3.63) is 97.8 Å². The Morgan fingerprint density at radius 2 is 1.61 bits per heavy atom. The molecule has 0 unspecified atom stereocenters. The maximum atomic E-state index is 12.4. The second-order valence-corrected chi connectivity index (χ2v) is 7.44. The summed E-state index contributed by atoms with van der Waals surface area (Å²) in [6, 6.07) is 19.5. The van der Waals surface area contributed by atoms with Crippen molar-refractivity contribution in [2.24, 2.45) is 0 Å². The van der Waals surface area contributed by atoms with E-state index in [0.29, 0.717) is 38.6 Å². The van der Waals surface area contributed by atoms with Crippen LogP contribution >= 0.6 is 34.8 Å². The van der Waals surface area contributed by atoms with Crippen LogP contribution in [0.25, 0.3) is 22.1 Å². The zero-order chi connectivity index (χ0) is 19.7. The predicted molar refractivity (Wildman–Crippen MR) is 114 cm³/mol. The summed E-state index contributed by atoms with van der Waals surface area (Å²) in [5.74, 6) is 0.584. The minimum absolute atomic E-state index is 0.315. The Labute approximate surface area is 176 Å². The molecule has 4 aromatic rings. The van der Waals surface area contributed by atoms with Gasteiger partial charge in [0.15, 0.2) is 0 Å². The molecule has 0 saturated carbocycles. The molecule has 1 heterocycles. The minimum Gasteiger partial charge on any atom is -0.489 e. The predicted octanol–water partition coefficient (Wildman–Crippen LogP) is 7.00. The smallest absolute Gasteiger partial charge is 0.344 e. The molecule has 28 heavy (non-hydrogen) atoms. The van der Waals surface area contributed by atoms with Gasteiger partial charge in [-0.05, 0) is 53.6 Å². The Morgan fingerprint density at radius 3 is 2.36 bits per heavy atom. The summed E-state index contributed by atoms with van der Waals surface area (Å²) in [6.07, 6.45) is 0. The SMILES string of the molecule is O=c1oc2cc(OCc3ccc(Cl)c(Cl)c3)ccc2cc1-c1ccc(Cl)cc1. The van der Waals surface area contributed by atoms with Gasteiger partial charge in [0.05, 0.1) is 15.6 Å². The van der Waals surface area contributed by atoms with Crippen molar-refractivity contribution in [1.29, 1.82) is 0 Å². The Morgan fingerprint density at radius 1 is 0.821 bits per heavy atom. The summed E-state index contributed by atoms with van der Waals surface area (Å²) >= 11 is 17.9. The zero-order valence-electron chi connectivity index (χ0n) is 14.4. The molecule has 3 aromatic carbocycles. The van der Waals surface area contributed by atoms with Gasteiger partial charge in [0, 0.05) is 16.5 Å². The topological polar surface area (TPSA) is 39.4 Å². The maximum absolute atomic E-state index is 12.4. The van der Waals surface area contributed by atoms with Crippen LogP contribution in [0.1, 0.15) is 5.56 Å². The lowest BCUT2D eigenvalue weighted by atomic mass is 10.1. The van der Waals surface area contributed by atoms with Crippen LogP contribution in [-0.4, -0.2) is 0 Å². The fourth-order valence-electron chi connectivity index (χ4n) is 2.81. The third kappa shape index (κ3) is 4.02. The molecule has 3 nitrogen and oxygen atoms in total. The molecule has 140 valence electrons. The van der Waals surface area contributed by atoms with E-state index in [1.807, 2.05) is 18.2 Å². The van der Waals surface area contributed by atoms with Gasteiger partial charge in [0.2, 0.25) is 0 Å². The number of benzene rings is 3. The number of ether oxygens (including phenoxy) is 1. The molecule has 0 saturated heterocycles. The van der Waals surface area contributed by atoms with E-state index < -0.39 is 5.63 Å². The molecule has 0 aliphatic carbocycles. The summed E-state index contributed by atoms with van der Waals surface area (Å²) in [4.78, 5) is 12.4. The van der Waals surface area contributed by atoms with E-state index in [1.54, 1.807) is 48.5 Å². The van der Waals surface area contributed by atoms with Crippen molar-refractivity contribution in [2.45, 2.75) is 6.61 Å². The van der Waals surface area contributed by atoms with E-state index in [2.05, 4.69) is 0 Å². The molecular formula is C22H13Cl3O3. The quantitative estimate of drug-likeness (QED) is 0.327. The van der Waals surface area contributed by atoms with Crippen LogP contribution in [0.2, 0.25) is 15.1 Å². The molecule has 0 aliphatic heterocycles. The first-order chi connectivity index (χ1) is 13.5. The molecular weight excluding hydrogens is 419 g/mol. The largest absolute Gasteiger partial charge is 0.489 e. The van der Waals surface area contributed by atoms with Gasteiger partial charge in [-0.3, -0.25) is 0 Å². The van der Waals surface area contributed by atoms with Gasteiger partial charge >= 0.3 is 5.63 Å². The second-order valence-electron chi connectivity index (χ2n) is 6.19. The molecule has 6 heteroatoms. The Kier molecular flexibility index (Phi) is 5.31. The first kappa shape index (κ1) is 18.9. The number of hydrogen-bond acceptors (Lipinski definition) is 3. The molecule has 0 aliphatic rings. The molecule has 0 fully saturated rings. The summed E-state index contributed by atoms with van der Waals surface area (Å²) in [5.41, 5.74) is 2.15. The van der Waals surface area contributed by atoms with E-state index in [4.69, 9.17) is 44.0 Å². The van der Waals surface area contributed by atoms with Gasteiger partial charge in [-0.15, -0.1) is 0 Å². The highest BCUT2D eigenvalue weighted by atomic mass is 35.5. The molecule has 1 aromatic heterocycles. The van der Waals surface area contributed by atoms with Crippen molar-refractivity contribution in [3.63, 3.8) is 0 Å². The van der Waals surface area contributed by atoms with Gasteiger partial charge in [-0.2, -0.15) is 0 Å². The van der Waals surface area contributed by atoms with E-state index in [-0.39, 0.29) is 0 Å². The molecule has 0 N–H and O–H groups in total. The average Bonchev–Trinajstić information content (AvgIpc) is 2.69. The Hall–Kier alpha value is -2.46. The monoisotopic (exact) mass is 430 g/mol. The van der Waals surface area contributed by atoms with Crippen LogP contribution in [0.15, 0.2) is 75.9 Å². The zero-order valence-corrected chi connectivity index (χ0v) is 16.7. The number of hydrogen-bond donors (Lipinski definition) is 0. The Bertz CT molecular complexity index is 1210. The van der Waals surface area contributed by atoms with Crippen LogP contribution in [0, 0.1) is 0 Å². The highest BCUT2D eigenvalue weighted by Crippen LogP contribution is 2.27. The second kappa shape index (κ2) is 7.88. The third-order valence-corrected chi connectivity index (χ3v) is 5.24. The highest BCUT2D eigenvalue weighted by molar-refractivity contribution is 6.42. The van der Waals surface area contributed by atoms with Crippen LogP contribution in [0.5, 0.6) is 5.75 Å². The lowest BCUT2D eigenvalue weighted by molar-refractivity contribution is 0.306. The van der Waals surface area contributed by atoms with E-state index >= 15 is 0 Å². The van der Waals surface area contributed by atoms with Crippen LogP contribution < -0.4 is 10.4 Å². The minimum atomic E-state index is -0.420. The van der Waals surface area contributed by atoms with Crippen LogP contribution in [-0.2, 0) is 6.61 Å². The number of fused-ring (bicyclic) bond motifs is 1. The lowest BCUT2D eigenvalue weighted by Gasteiger charge is -2.08. The molecule has 4 rings (SSSR count). The molecule has 0 radical (unpaired) electrons. The van der Waals surface area contributed by atoms with E-state index in [0.717, 1.165) is 16.5 Å². The van der Waals surface area contributed by atoms with Gasteiger partial charge < -0.3 is 9.15 Å². The first-order valence-corrected chi connectivity index (χ1v) is 9.53. The molecule has 0 atom stereocenters. The fourth-order valence-corrected chi connectivity index (χ4v) is 3.25. The summed E-state index contributed by atoms with van der Waals surface area (Å²) in [6.45, 7) is 0.315. The molecule has 0 bridgehead atoms. The third-order valence-electron chi connectivity index (χ3n) is 4.25. The first-order valence-electron chi connectivity index (χ1n) is 8.40. The average molecular weight is 432 g/mol. The van der Waals surface area contributed by atoms with E-state index in [1.165, 1.54) is 0 Å². The lowest BCUT2D eigenvalue weighted by Crippen LogP contribution is -2.03. The maximum Gasteiger partial charge on any atom is 0.344 e. The van der Waals surface area contributed by atoms with Crippen molar-refractivity contribution < 1.29 is 9.15 Å². The van der Waals surface area contributed by atoms with Crippen molar-refractivity contribution in [2.75, 3.05) is 0 Å². The number of halogens is 3. The summed E-state index contributed by atoms with van der Waals surface area (Å²) in [7, 11) is 0. The normalized spacial score (nSPS) is 11.0. The standard InChI is InChI=1S/C22H13Cl3O3/c23-16-5-2-14(3-6-16)18-10-15-4-7-17(11-21(15)28-22(18)26)27-12-13-1-8-19(24)20(25)9-13/h1-11H,12H2. The van der Waals surface area contributed by atoms with Gasteiger partial charge in [0.25, 0.3) is 0 Å². The van der Waals surface area contributed by atoms with Gasteiger partial charge in [0.1, 0.15) is 17.9 Å². The van der Waals surface area contributed by atoms with Gasteiger partial charge in [-0.1, -0.05) is 53.0 Å². The van der Waals surface area contributed by atoms with Crippen LogP contribution in [0.4, 0.5) is 0 Å². The van der Waals surface area contributed by atoms with Gasteiger partial charge in [-0.25, -0.2) is 4.79 Å². The van der Waals surface area contributed by atoms with Crippen molar-refractivity contribution >= 4 is 45.8 Å². The Balaban J connectivity index is 1.60. The van der Waals surface area contributed by atoms with Crippen molar-refractivity contribution in [1.82, 2.24) is 0 Å². The fraction of sp³-hybridized carbons (Fsp3) is 0.0455. The molecule has 0 amide bonds. The summed E-state index contributed by atoms with van der Waals surface area (Å²) in [5, 5.41) is 2.38. The van der Waals surface area contributed by atoms with E-state index in [9.17, 15) is 4.79 Å². The highest BCUT2D eigenvalue weighted by Gasteiger charge is 2.09. The van der Waals surface area contributed by atoms with Crippen LogP contribution in [0.3, 0.4) is 0 Å². The van der Waals surface area contributed by atoms with Crippen molar-refractivity contribution in [3.8, 4) is 16.9 Å².